The Morgan fingerprint density at radius 2 is 1.90 bits per heavy atom. The number of hydrogen-bond acceptors (Lipinski definition) is 2. The average Bonchev–Trinajstić information content (AvgIpc) is 2.42. The third kappa shape index (κ3) is 3.73. The molecule has 0 amide bonds. The van der Waals surface area contributed by atoms with E-state index in [0.717, 1.165) is 25.8 Å². The van der Waals surface area contributed by atoms with Gasteiger partial charge in [-0.3, -0.25) is 4.79 Å². The summed E-state index contributed by atoms with van der Waals surface area (Å²) in [5, 5.41) is 9.36. The molecule has 1 N–H and O–H groups in total. The fraction of sp³-hybridized carbons (Fsp3) is 0.353. The molecule has 0 aliphatic heterocycles. The van der Waals surface area contributed by atoms with Gasteiger partial charge in [-0.25, -0.2) is 0 Å². The first-order valence-electron chi connectivity index (χ1n) is 7.01. The molecule has 0 aliphatic rings. The molecule has 0 unspecified atom stereocenters. The number of aromatic nitrogens is 1. The zero-order chi connectivity index (χ0) is 14.5. The van der Waals surface area contributed by atoms with E-state index in [1.165, 1.54) is 29.0 Å². The maximum absolute atomic E-state index is 11.1. The molecule has 0 aliphatic carbocycles. The first kappa shape index (κ1) is 14.4. The molecule has 1 aromatic carbocycles. The number of rotatable bonds is 5. The van der Waals surface area contributed by atoms with Crippen molar-refractivity contribution in [3.8, 4) is 5.75 Å². The van der Waals surface area contributed by atoms with E-state index >= 15 is 0 Å². The summed E-state index contributed by atoms with van der Waals surface area (Å²) in [4.78, 5) is 11.1. The van der Waals surface area contributed by atoms with Crippen LogP contribution in [0.25, 0.3) is 0 Å². The fourth-order valence-corrected chi connectivity index (χ4v) is 2.23. The summed E-state index contributed by atoms with van der Waals surface area (Å²) in [6, 6.07) is 8.01. The molecule has 0 spiro atoms. The molecule has 0 bridgehead atoms. The van der Waals surface area contributed by atoms with Gasteiger partial charge in [0.15, 0.2) is 5.75 Å². The van der Waals surface area contributed by atoms with Gasteiger partial charge in [0.1, 0.15) is 0 Å². The normalized spacial score (nSPS) is 10.7. The lowest BCUT2D eigenvalue weighted by Gasteiger charge is -2.07. The second-order valence-electron chi connectivity index (χ2n) is 5.31. The highest BCUT2D eigenvalue weighted by Gasteiger charge is 1.99. The zero-order valence-electron chi connectivity index (χ0n) is 12.1. The summed E-state index contributed by atoms with van der Waals surface area (Å²) in [7, 11) is 0. The maximum atomic E-state index is 11.1. The van der Waals surface area contributed by atoms with Crippen LogP contribution in [-0.2, 0) is 13.0 Å². The van der Waals surface area contributed by atoms with Crippen molar-refractivity contribution in [3.63, 3.8) is 0 Å². The predicted octanol–water partition coefficient (Wildman–Crippen LogP) is 3.19. The van der Waals surface area contributed by atoms with Crippen molar-refractivity contribution in [2.24, 2.45) is 0 Å². The standard InChI is InChI=1S/C17H21NO2/c1-13-6-7-15(11-14(13)2)5-3-4-9-18-10-8-16(19)17(20)12-18/h6-8,10-12,20H,3-5,9H2,1-2H3. The molecule has 2 aromatic rings. The van der Waals surface area contributed by atoms with Crippen LogP contribution in [-0.4, -0.2) is 9.67 Å². The summed E-state index contributed by atoms with van der Waals surface area (Å²) in [6.07, 6.45) is 6.40. The Bertz CT molecular complexity index is 644. The van der Waals surface area contributed by atoms with Crippen molar-refractivity contribution in [1.82, 2.24) is 4.57 Å². The Morgan fingerprint density at radius 3 is 2.60 bits per heavy atom. The molecule has 0 saturated carbocycles. The van der Waals surface area contributed by atoms with Gasteiger partial charge in [-0.1, -0.05) is 18.2 Å². The number of nitrogens with zero attached hydrogens (tertiary/aromatic N) is 1. The van der Waals surface area contributed by atoms with E-state index in [2.05, 4.69) is 32.0 Å². The van der Waals surface area contributed by atoms with Gasteiger partial charge < -0.3 is 9.67 Å². The quantitative estimate of drug-likeness (QED) is 0.849. The lowest BCUT2D eigenvalue weighted by Crippen LogP contribution is -2.05. The highest BCUT2D eigenvalue weighted by atomic mass is 16.3. The summed E-state index contributed by atoms with van der Waals surface area (Å²) in [5.74, 6) is -0.179. The molecule has 0 atom stereocenters. The molecule has 0 fully saturated rings. The highest BCUT2D eigenvalue weighted by Crippen LogP contribution is 2.12. The minimum Gasteiger partial charge on any atom is -0.503 e. The van der Waals surface area contributed by atoms with E-state index < -0.39 is 0 Å². The van der Waals surface area contributed by atoms with Crippen LogP contribution >= 0.6 is 0 Å². The molecule has 3 nitrogen and oxygen atoms in total. The SMILES string of the molecule is Cc1ccc(CCCCn2ccc(=O)c(O)c2)cc1C. The minimum absolute atomic E-state index is 0.179. The maximum Gasteiger partial charge on any atom is 0.223 e. The molecule has 106 valence electrons. The Hall–Kier alpha value is -2.03. The van der Waals surface area contributed by atoms with E-state index in [-0.39, 0.29) is 11.2 Å². The van der Waals surface area contributed by atoms with Crippen molar-refractivity contribution in [2.75, 3.05) is 0 Å². The van der Waals surface area contributed by atoms with Crippen LogP contribution in [0.3, 0.4) is 0 Å². The Balaban J connectivity index is 1.82. The fourth-order valence-electron chi connectivity index (χ4n) is 2.23. The van der Waals surface area contributed by atoms with Gasteiger partial charge in [-0.15, -0.1) is 0 Å². The van der Waals surface area contributed by atoms with Crippen LogP contribution in [0.5, 0.6) is 5.75 Å². The second-order valence-corrected chi connectivity index (χ2v) is 5.31. The van der Waals surface area contributed by atoms with Gasteiger partial charge in [-0.2, -0.15) is 0 Å². The molecule has 1 heterocycles. The lowest BCUT2D eigenvalue weighted by molar-refractivity contribution is 0.458. The topological polar surface area (TPSA) is 42.2 Å². The summed E-state index contributed by atoms with van der Waals surface area (Å²) in [5.41, 5.74) is 3.72. The van der Waals surface area contributed by atoms with Gasteiger partial charge in [0.25, 0.3) is 0 Å². The van der Waals surface area contributed by atoms with E-state index in [1.54, 1.807) is 6.20 Å². The predicted molar refractivity (Wildman–Crippen MR) is 81.2 cm³/mol. The van der Waals surface area contributed by atoms with Crippen LogP contribution in [0, 0.1) is 13.8 Å². The summed E-state index contributed by atoms with van der Waals surface area (Å²) in [6.45, 7) is 5.09. The minimum atomic E-state index is -0.323. The van der Waals surface area contributed by atoms with Crippen molar-refractivity contribution in [2.45, 2.75) is 39.7 Å². The Labute approximate surface area is 119 Å². The first-order chi connectivity index (χ1) is 9.56. The van der Waals surface area contributed by atoms with Crippen molar-refractivity contribution in [3.05, 3.63) is 63.6 Å². The van der Waals surface area contributed by atoms with Crippen LogP contribution in [0.4, 0.5) is 0 Å². The van der Waals surface area contributed by atoms with E-state index in [4.69, 9.17) is 0 Å². The molecule has 20 heavy (non-hydrogen) atoms. The molecule has 0 saturated heterocycles. The van der Waals surface area contributed by atoms with Gasteiger partial charge in [0.05, 0.1) is 0 Å². The van der Waals surface area contributed by atoms with Gasteiger partial charge in [0.2, 0.25) is 5.43 Å². The van der Waals surface area contributed by atoms with E-state index in [0.29, 0.717) is 0 Å². The molecular formula is C17H21NO2. The van der Waals surface area contributed by atoms with Gasteiger partial charge in [-0.05, 0) is 49.8 Å². The monoisotopic (exact) mass is 271 g/mol. The molecule has 2 rings (SSSR count). The Morgan fingerprint density at radius 1 is 1.10 bits per heavy atom. The largest absolute Gasteiger partial charge is 0.503 e. The summed E-state index contributed by atoms with van der Waals surface area (Å²) >= 11 is 0. The number of benzene rings is 1. The number of hydrogen-bond donors (Lipinski definition) is 1. The van der Waals surface area contributed by atoms with Crippen molar-refractivity contribution in [1.29, 1.82) is 0 Å². The zero-order valence-corrected chi connectivity index (χ0v) is 12.1. The Kier molecular flexibility index (Phi) is 4.61. The number of aromatic hydroxyl groups is 1. The highest BCUT2D eigenvalue weighted by molar-refractivity contribution is 5.29. The lowest BCUT2D eigenvalue weighted by atomic mass is 10.0. The third-order valence-corrected chi connectivity index (χ3v) is 3.66. The van der Waals surface area contributed by atoms with Crippen LogP contribution in [0.1, 0.15) is 29.5 Å². The van der Waals surface area contributed by atoms with E-state index in [9.17, 15) is 9.90 Å². The summed E-state index contributed by atoms with van der Waals surface area (Å²) < 4.78 is 1.86. The van der Waals surface area contributed by atoms with Gasteiger partial charge in [0, 0.05) is 25.0 Å². The molecule has 1 aromatic heterocycles. The smallest absolute Gasteiger partial charge is 0.223 e. The average molecular weight is 271 g/mol. The van der Waals surface area contributed by atoms with Crippen LogP contribution in [0.15, 0.2) is 41.5 Å². The van der Waals surface area contributed by atoms with Crippen LogP contribution in [0.2, 0.25) is 0 Å². The van der Waals surface area contributed by atoms with Crippen molar-refractivity contribution < 1.29 is 5.11 Å². The number of unbranched alkanes of at least 4 members (excludes halogenated alkanes) is 1. The molecular weight excluding hydrogens is 250 g/mol. The number of aryl methyl sites for hydroxylation is 4. The molecule has 3 heteroatoms. The third-order valence-electron chi connectivity index (χ3n) is 3.66. The second kappa shape index (κ2) is 6.42. The van der Waals surface area contributed by atoms with Crippen molar-refractivity contribution >= 4 is 0 Å². The van der Waals surface area contributed by atoms with Crippen LogP contribution < -0.4 is 5.43 Å². The first-order valence-corrected chi connectivity index (χ1v) is 7.01. The molecule has 0 radical (unpaired) electrons. The number of pyridine rings is 1. The van der Waals surface area contributed by atoms with E-state index in [1.807, 2.05) is 4.57 Å². The van der Waals surface area contributed by atoms with Gasteiger partial charge >= 0.3 is 0 Å².